The van der Waals surface area contributed by atoms with Crippen LogP contribution in [-0.4, -0.2) is 43.8 Å². The Morgan fingerprint density at radius 2 is 2.07 bits per heavy atom. The van der Waals surface area contributed by atoms with Crippen molar-refractivity contribution in [1.29, 1.82) is 0 Å². The van der Waals surface area contributed by atoms with Crippen LogP contribution < -0.4 is 5.73 Å². The summed E-state index contributed by atoms with van der Waals surface area (Å²) >= 11 is 0. The van der Waals surface area contributed by atoms with Gasteiger partial charge in [-0.25, -0.2) is 0 Å². The molecule has 3 heteroatoms. The standard InChI is InChI=1S/C12H26N2O/c1-10(2)6-7-14(11-4-5-11)9-12(8-13)15-3/h10-12H,4-9,13H2,1-3H3. The molecule has 0 heterocycles. The lowest BCUT2D eigenvalue weighted by atomic mass is 10.1. The van der Waals surface area contributed by atoms with E-state index in [1.807, 2.05) is 0 Å². The first-order chi connectivity index (χ1) is 7.17. The zero-order chi connectivity index (χ0) is 11.3. The summed E-state index contributed by atoms with van der Waals surface area (Å²) in [7, 11) is 1.76. The number of ether oxygens (including phenoxy) is 1. The van der Waals surface area contributed by atoms with E-state index in [9.17, 15) is 0 Å². The number of rotatable bonds is 8. The van der Waals surface area contributed by atoms with Crippen molar-refractivity contribution in [2.45, 2.75) is 45.3 Å². The second kappa shape index (κ2) is 6.46. The van der Waals surface area contributed by atoms with Crippen LogP contribution in [0.15, 0.2) is 0 Å². The molecule has 1 atom stereocenters. The zero-order valence-corrected chi connectivity index (χ0v) is 10.4. The van der Waals surface area contributed by atoms with E-state index in [0.29, 0.717) is 6.54 Å². The Bertz CT molecular complexity index is 165. The maximum Gasteiger partial charge on any atom is 0.0820 e. The maximum atomic E-state index is 5.66. The highest BCUT2D eigenvalue weighted by Crippen LogP contribution is 2.27. The molecule has 0 bridgehead atoms. The van der Waals surface area contributed by atoms with Gasteiger partial charge in [0.15, 0.2) is 0 Å². The van der Waals surface area contributed by atoms with Crippen molar-refractivity contribution < 1.29 is 4.74 Å². The molecule has 0 aliphatic heterocycles. The third-order valence-corrected chi connectivity index (χ3v) is 3.09. The van der Waals surface area contributed by atoms with E-state index in [4.69, 9.17) is 10.5 Å². The number of methoxy groups -OCH3 is 1. The Hall–Kier alpha value is -0.120. The van der Waals surface area contributed by atoms with Gasteiger partial charge in [0.2, 0.25) is 0 Å². The molecule has 1 aliphatic rings. The summed E-state index contributed by atoms with van der Waals surface area (Å²) in [6, 6.07) is 0.813. The third-order valence-electron chi connectivity index (χ3n) is 3.09. The lowest BCUT2D eigenvalue weighted by Gasteiger charge is -2.26. The lowest BCUT2D eigenvalue weighted by Crippen LogP contribution is -2.39. The molecule has 0 radical (unpaired) electrons. The molecule has 1 rings (SSSR count). The zero-order valence-electron chi connectivity index (χ0n) is 10.4. The van der Waals surface area contributed by atoms with Gasteiger partial charge in [0.05, 0.1) is 6.10 Å². The normalized spacial score (nSPS) is 18.8. The average Bonchev–Trinajstić information content (AvgIpc) is 3.02. The summed E-state index contributed by atoms with van der Waals surface area (Å²) in [5, 5.41) is 0. The van der Waals surface area contributed by atoms with Crippen LogP contribution in [0, 0.1) is 5.92 Å². The molecule has 1 saturated carbocycles. The predicted molar refractivity (Wildman–Crippen MR) is 63.9 cm³/mol. The molecule has 0 aromatic heterocycles. The summed E-state index contributed by atoms with van der Waals surface area (Å²) in [5.41, 5.74) is 5.66. The van der Waals surface area contributed by atoms with Gasteiger partial charge in [0.25, 0.3) is 0 Å². The largest absolute Gasteiger partial charge is 0.379 e. The van der Waals surface area contributed by atoms with Gasteiger partial charge in [-0.1, -0.05) is 13.8 Å². The number of hydrogen-bond acceptors (Lipinski definition) is 3. The molecular weight excluding hydrogens is 188 g/mol. The van der Waals surface area contributed by atoms with Crippen molar-refractivity contribution in [2.75, 3.05) is 26.7 Å². The second-order valence-electron chi connectivity index (χ2n) is 5.00. The van der Waals surface area contributed by atoms with Crippen molar-refractivity contribution in [1.82, 2.24) is 4.90 Å². The molecule has 0 amide bonds. The summed E-state index contributed by atoms with van der Waals surface area (Å²) in [4.78, 5) is 2.56. The molecular formula is C12H26N2O. The van der Waals surface area contributed by atoms with Gasteiger partial charge in [-0.2, -0.15) is 0 Å². The smallest absolute Gasteiger partial charge is 0.0820 e. The van der Waals surface area contributed by atoms with Gasteiger partial charge >= 0.3 is 0 Å². The van der Waals surface area contributed by atoms with Crippen LogP contribution in [-0.2, 0) is 4.74 Å². The lowest BCUT2D eigenvalue weighted by molar-refractivity contribution is 0.0653. The molecule has 0 aromatic carbocycles. The van der Waals surface area contributed by atoms with Crippen molar-refractivity contribution in [3.05, 3.63) is 0 Å². The summed E-state index contributed by atoms with van der Waals surface area (Å²) < 4.78 is 5.35. The van der Waals surface area contributed by atoms with Crippen LogP contribution in [0.25, 0.3) is 0 Å². The minimum absolute atomic E-state index is 0.206. The fraction of sp³-hybridized carbons (Fsp3) is 1.00. The highest BCUT2D eigenvalue weighted by molar-refractivity contribution is 4.86. The fourth-order valence-electron chi connectivity index (χ4n) is 1.79. The predicted octanol–water partition coefficient (Wildman–Crippen LogP) is 1.47. The van der Waals surface area contributed by atoms with Gasteiger partial charge in [-0.05, 0) is 31.7 Å². The van der Waals surface area contributed by atoms with E-state index in [-0.39, 0.29) is 6.10 Å². The number of nitrogens with zero attached hydrogens (tertiary/aromatic N) is 1. The van der Waals surface area contributed by atoms with E-state index in [1.54, 1.807) is 7.11 Å². The second-order valence-corrected chi connectivity index (χ2v) is 5.00. The molecule has 15 heavy (non-hydrogen) atoms. The van der Waals surface area contributed by atoms with E-state index in [2.05, 4.69) is 18.7 Å². The molecule has 1 aliphatic carbocycles. The summed E-state index contributed by atoms with van der Waals surface area (Å²) in [6.07, 6.45) is 4.20. The number of nitrogens with two attached hydrogens (primary N) is 1. The summed E-state index contributed by atoms with van der Waals surface area (Å²) in [6.45, 7) is 7.39. The van der Waals surface area contributed by atoms with Gasteiger partial charge in [0.1, 0.15) is 0 Å². The topological polar surface area (TPSA) is 38.5 Å². The van der Waals surface area contributed by atoms with Gasteiger partial charge < -0.3 is 10.5 Å². The fourth-order valence-corrected chi connectivity index (χ4v) is 1.79. The van der Waals surface area contributed by atoms with Gasteiger partial charge in [-0.3, -0.25) is 4.90 Å². The molecule has 2 N–H and O–H groups in total. The molecule has 0 aromatic rings. The first-order valence-electron chi connectivity index (χ1n) is 6.14. The Balaban J connectivity index is 2.29. The van der Waals surface area contributed by atoms with E-state index in [1.165, 1.54) is 25.8 Å². The van der Waals surface area contributed by atoms with Crippen molar-refractivity contribution >= 4 is 0 Å². The van der Waals surface area contributed by atoms with Crippen LogP contribution in [0.2, 0.25) is 0 Å². The monoisotopic (exact) mass is 214 g/mol. The van der Waals surface area contributed by atoms with Crippen molar-refractivity contribution in [2.24, 2.45) is 11.7 Å². The van der Waals surface area contributed by atoms with E-state index >= 15 is 0 Å². The molecule has 0 saturated heterocycles. The molecule has 3 nitrogen and oxygen atoms in total. The molecule has 0 spiro atoms. The Labute approximate surface area is 94.0 Å². The quantitative estimate of drug-likeness (QED) is 0.665. The minimum Gasteiger partial charge on any atom is -0.379 e. The van der Waals surface area contributed by atoms with Gasteiger partial charge in [0, 0.05) is 26.2 Å². The Morgan fingerprint density at radius 1 is 1.40 bits per heavy atom. The summed E-state index contributed by atoms with van der Waals surface area (Å²) in [5.74, 6) is 0.783. The molecule has 1 fully saturated rings. The average molecular weight is 214 g/mol. The van der Waals surface area contributed by atoms with E-state index in [0.717, 1.165) is 18.5 Å². The van der Waals surface area contributed by atoms with Crippen LogP contribution in [0.5, 0.6) is 0 Å². The van der Waals surface area contributed by atoms with Crippen LogP contribution >= 0.6 is 0 Å². The van der Waals surface area contributed by atoms with Gasteiger partial charge in [-0.15, -0.1) is 0 Å². The minimum atomic E-state index is 0.206. The van der Waals surface area contributed by atoms with Crippen molar-refractivity contribution in [3.8, 4) is 0 Å². The Morgan fingerprint density at radius 3 is 2.47 bits per heavy atom. The maximum absolute atomic E-state index is 5.66. The first kappa shape index (κ1) is 12.9. The number of hydrogen-bond donors (Lipinski definition) is 1. The molecule has 1 unspecified atom stereocenters. The van der Waals surface area contributed by atoms with Crippen LogP contribution in [0.1, 0.15) is 33.1 Å². The highest BCUT2D eigenvalue weighted by Gasteiger charge is 2.29. The highest BCUT2D eigenvalue weighted by atomic mass is 16.5. The first-order valence-corrected chi connectivity index (χ1v) is 6.14. The SMILES string of the molecule is COC(CN)CN(CCC(C)C)C1CC1. The van der Waals surface area contributed by atoms with Crippen LogP contribution in [0.4, 0.5) is 0 Å². The van der Waals surface area contributed by atoms with Crippen molar-refractivity contribution in [3.63, 3.8) is 0 Å². The van der Waals surface area contributed by atoms with Crippen LogP contribution in [0.3, 0.4) is 0 Å². The third kappa shape index (κ3) is 4.96. The van der Waals surface area contributed by atoms with E-state index < -0.39 is 0 Å². The molecule has 90 valence electrons. The Kier molecular flexibility index (Phi) is 5.58.